The number of benzene rings is 1. The summed E-state index contributed by atoms with van der Waals surface area (Å²) in [4.78, 5) is 37.8. The molecule has 0 aromatic heterocycles. The Morgan fingerprint density at radius 1 is 1.26 bits per heavy atom. The minimum atomic E-state index is -0.756. The summed E-state index contributed by atoms with van der Waals surface area (Å²) in [6.07, 6.45) is -0.576. The molecule has 0 aliphatic carbocycles. The molecule has 8 heteroatoms. The monoisotopic (exact) mass is 377 g/mol. The minimum Gasteiger partial charge on any atom is -0.477 e. The molecule has 0 spiro atoms. The van der Waals surface area contributed by atoms with Gasteiger partial charge in [-0.3, -0.25) is 9.59 Å². The molecule has 0 saturated carbocycles. The number of likely N-dealkylation sites (N-methyl/N-ethyl adjacent to an activating group) is 1. The van der Waals surface area contributed by atoms with Crippen molar-refractivity contribution in [1.29, 1.82) is 0 Å². The molecule has 27 heavy (non-hydrogen) atoms. The zero-order valence-corrected chi connectivity index (χ0v) is 16.2. The number of amides is 3. The number of rotatable bonds is 5. The highest BCUT2D eigenvalue weighted by Crippen LogP contribution is 2.33. The van der Waals surface area contributed by atoms with E-state index < -0.39 is 17.8 Å². The highest BCUT2D eigenvalue weighted by Gasteiger charge is 2.32. The Balaban J connectivity index is 1.93. The number of ether oxygens (including phenoxy) is 2. The van der Waals surface area contributed by atoms with E-state index in [-0.39, 0.29) is 24.8 Å². The van der Waals surface area contributed by atoms with Gasteiger partial charge >= 0.3 is 6.09 Å². The molecular weight excluding hydrogens is 350 g/mol. The first kappa shape index (κ1) is 20.5. The van der Waals surface area contributed by atoms with Crippen molar-refractivity contribution in [3.05, 3.63) is 24.3 Å². The standard InChI is InChI=1S/C19H27N3O5/c1-19(2,3)27-18(25)21-11-7-10-16(23)22-12-15(17(24)20-4)26-14-9-6-5-8-13(14)22/h5-6,8-9,15H,7,10-12H2,1-4H3,(H,20,24)(H,21,25)/t15-/m0/s1. The highest BCUT2D eigenvalue weighted by atomic mass is 16.6. The highest BCUT2D eigenvalue weighted by molar-refractivity contribution is 5.97. The predicted molar refractivity (Wildman–Crippen MR) is 101 cm³/mol. The Kier molecular flexibility index (Phi) is 6.65. The lowest BCUT2D eigenvalue weighted by molar-refractivity contribution is -0.128. The summed E-state index contributed by atoms with van der Waals surface area (Å²) in [6.45, 7) is 5.83. The topological polar surface area (TPSA) is 97.0 Å². The van der Waals surface area contributed by atoms with Crippen LogP contribution in [0, 0.1) is 0 Å². The van der Waals surface area contributed by atoms with Crippen molar-refractivity contribution in [1.82, 2.24) is 10.6 Å². The smallest absolute Gasteiger partial charge is 0.407 e. The Bertz CT molecular complexity index is 699. The van der Waals surface area contributed by atoms with Crippen LogP contribution in [0.15, 0.2) is 24.3 Å². The molecule has 0 bridgehead atoms. The first-order valence-electron chi connectivity index (χ1n) is 8.96. The fourth-order valence-electron chi connectivity index (χ4n) is 2.65. The molecule has 0 fully saturated rings. The summed E-state index contributed by atoms with van der Waals surface area (Å²) in [6, 6.07) is 7.12. The molecule has 2 N–H and O–H groups in total. The van der Waals surface area contributed by atoms with E-state index in [1.165, 1.54) is 7.05 Å². The zero-order chi connectivity index (χ0) is 20.0. The maximum absolute atomic E-state index is 12.7. The zero-order valence-electron chi connectivity index (χ0n) is 16.2. The second-order valence-electron chi connectivity index (χ2n) is 7.23. The lowest BCUT2D eigenvalue weighted by Crippen LogP contribution is -2.50. The molecule has 8 nitrogen and oxygen atoms in total. The van der Waals surface area contributed by atoms with Gasteiger partial charge in [0.2, 0.25) is 5.91 Å². The number of para-hydroxylation sites is 2. The van der Waals surface area contributed by atoms with E-state index in [1.807, 2.05) is 6.07 Å². The van der Waals surface area contributed by atoms with Gasteiger partial charge in [0, 0.05) is 20.0 Å². The number of carbonyl (C=O) groups is 3. The average molecular weight is 377 g/mol. The summed E-state index contributed by atoms with van der Waals surface area (Å²) >= 11 is 0. The summed E-state index contributed by atoms with van der Waals surface area (Å²) < 4.78 is 10.8. The summed E-state index contributed by atoms with van der Waals surface area (Å²) in [5.74, 6) is 0.0807. The number of carbonyl (C=O) groups excluding carboxylic acids is 3. The minimum absolute atomic E-state index is 0.134. The van der Waals surface area contributed by atoms with Crippen LogP contribution in [0.25, 0.3) is 0 Å². The second kappa shape index (κ2) is 8.75. The third kappa shape index (κ3) is 5.87. The number of fused-ring (bicyclic) bond motifs is 1. The van der Waals surface area contributed by atoms with Crippen LogP contribution in [0.5, 0.6) is 5.75 Å². The van der Waals surface area contributed by atoms with Gasteiger partial charge in [0.05, 0.1) is 12.2 Å². The van der Waals surface area contributed by atoms with Crippen LogP contribution in [-0.4, -0.2) is 49.7 Å². The van der Waals surface area contributed by atoms with Crippen molar-refractivity contribution in [2.75, 3.05) is 25.0 Å². The van der Waals surface area contributed by atoms with Gasteiger partial charge in [-0.2, -0.15) is 0 Å². The van der Waals surface area contributed by atoms with Gasteiger partial charge in [-0.1, -0.05) is 12.1 Å². The van der Waals surface area contributed by atoms with Crippen molar-refractivity contribution in [2.24, 2.45) is 0 Å². The quantitative estimate of drug-likeness (QED) is 0.763. The molecule has 1 aliphatic rings. The number of hydrogen-bond acceptors (Lipinski definition) is 5. The third-order valence-electron chi connectivity index (χ3n) is 3.85. The molecule has 0 saturated heterocycles. The van der Waals surface area contributed by atoms with Crippen molar-refractivity contribution in [2.45, 2.75) is 45.3 Å². The van der Waals surface area contributed by atoms with Crippen LogP contribution >= 0.6 is 0 Å². The molecule has 1 heterocycles. The first-order valence-corrected chi connectivity index (χ1v) is 8.96. The molecule has 1 atom stereocenters. The van der Waals surface area contributed by atoms with Crippen LogP contribution in [0.4, 0.5) is 10.5 Å². The van der Waals surface area contributed by atoms with E-state index in [0.29, 0.717) is 24.4 Å². The Morgan fingerprint density at radius 2 is 1.96 bits per heavy atom. The fraction of sp³-hybridized carbons (Fsp3) is 0.526. The van der Waals surface area contributed by atoms with Crippen LogP contribution in [0.1, 0.15) is 33.6 Å². The average Bonchev–Trinajstić information content (AvgIpc) is 2.62. The van der Waals surface area contributed by atoms with Gasteiger partial charge in [-0.25, -0.2) is 4.79 Å². The lowest BCUT2D eigenvalue weighted by Gasteiger charge is -2.34. The van der Waals surface area contributed by atoms with E-state index in [9.17, 15) is 14.4 Å². The molecule has 148 valence electrons. The fourth-order valence-corrected chi connectivity index (χ4v) is 2.65. The van der Waals surface area contributed by atoms with Gasteiger partial charge < -0.3 is 25.0 Å². The first-order chi connectivity index (χ1) is 12.7. The van der Waals surface area contributed by atoms with Crippen LogP contribution in [-0.2, 0) is 14.3 Å². The maximum atomic E-state index is 12.7. The van der Waals surface area contributed by atoms with E-state index in [1.54, 1.807) is 43.9 Å². The van der Waals surface area contributed by atoms with Crippen molar-refractivity contribution in [3.8, 4) is 5.75 Å². The number of nitrogens with one attached hydrogen (secondary N) is 2. The molecule has 1 aromatic carbocycles. The lowest BCUT2D eigenvalue weighted by atomic mass is 10.1. The second-order valence-corrected chi connectivity index (χ2v) is 7.23. The Morgan fingerprint density at radius 3 is 2.63 bits per heavy atom. The molecule has 3 amide bonds. The van der Waals surface area contributed by atoms with E-state index >= 15 is 0 Å². The van der Waals surface area contributed by atoms with E-state index in [0.717, 1.165) is 0 Å². The SMILES string of the molecule is CNC(=O)[C@@H]1CN(C(=O)CCCNC(=O)OC(C)(C)C)c2ccccc2O1. The van der Waals surface area contributed by atoms with Crippen LogP contribution in [0.2, 0.25) is 0 Å². The summed E-state index contributed by atoms with van der Waals surface area (Å²) in [5.41, 5.74) is 0.0782. The van der Waals surface area contributed by atoms with Crippen molar-refractivity contribution >= 4 is 23.6 Å². The van der Waals surface area contributed by atoms with Gasteiger partial charge in [0.1, 0.15) is 11.4 Å². The van der Waals surface area contributed by atoms with Crippen molar-refractivity contribution < 1.29 is 23.9 Å². The number of nitrogens with zero attached hydrogens (tertiary/aromatic N) is 1. The van der Waals surface area contributed by atoms with Crippen molar-refractivity contribution in [3.63, 3.8) is 0 Å². The maximum Gasteiger partial charge on any atom is 0.407 e. The molecule has 1 aromatic rings. The third-order valence-corrected chi connectivity index (χ3v) is 3.85. The van der Waals surface area contributed by atoms with E-state index in [4.69, 9.17) is 9.47 Å². The molecule has 1 aliphatic heterocycles. The Hall–Kier alpha value is -2.77. The molecule has 0 radical (unpaired) electrons. The van der Waals surface area contributed by atoms with E-state index in [2.05, 4.69) is 10.6 Å². The molecular formula is C19H27N3O5. The van der Waals surface area contributed by atoms with Gasteiger partial charge in [0.15, 0.2) is 6.10 Å². The molecule has 0 unspecified atom stereocenters. The normalized spacial score (nSPS) is 16.0. The van der Waals surface area contributed by atoms with Gasteiger partial charge in [-0.15, -0.1) is 0 Å². The Labute approximate surface area is 159 Å². The largest absolute Gasteiger partial charge is 0.477 e. The number of hydrogen-bond donors (Lipinski definition) is 2. The number of anilines is 1. The molecule has 2 rings (SSSR count). The van der Waals surface area contributed by atoms with Gasteiger partial charge in [0.25, 0.3) is 5.91 Å². The summed E-state index contributed by atoms with van der Waals surface area (Å²) in [7, 11) is 1.53. The summed E-state index contributed by atoms with van der Waals surface area (Å²) in [5, 5.41) is 5.18. The van der Waals surface area contributed by atoms with Crippen LogP contribution < -0.4 is 20.3 Å². The van der Waals surface area contributed by atoms with Crippen LogP contribution in [0.3, 0.4) is 0 Å². The van der Waals surface area contributed by atoms with Gasteiger partial charge in [-0.05, 0) is 39.3 Å². The number of alkyl carbamates (subject to hydrolysis) is 1. The predicted octanol–water partition coefficient (Wildman–Crippen LogP) is 1.83.